The molecule has 2 nitrogen and oxygen atoms in total. The predicted molar refractivity (Wildman–Crippen MR) is 59.8 cm³/mol. The van der Waals surface area contributed by atoms with Crippen molar-refractivity contribution < 1.29 is 4.39 Å². The van der Waals surface area contributed by atoms with Gasteiger partial charge in [-0.3, -0.25) is 0 Å². The molecule has 2 rings (SSSR count). The molecular weight excluding hydrogens is 235 g/mol. The minimum absolute atomic E-state index is 0.354. The topological polar surface area (TPSA) is 28.7 Å². The highest BCUT2D eigenvalue weighted by atomic mass is 35.5. The summed E-state index contributed by atoms with van der Waals surface area (Å²) in [5.41, 5.74) is 1.17. The zero-order valence-corrected chi connectivity index (χ0v) is 9.07. The van der Waals surface area contributed by atoms with Crippen LogP contribution in [0.3, 0.4) is 0 Å². The van der Waals surface area contributed by atoms with Gasteiger partial charge in [-0.05, 0) is 18.2 Å². The molecule has 0 aliphatic rings. The number of halogens is 2. The van der Waals surface area contributed by atoms with Crippen molar-refractivity contribution in [3.05, 3.63) is 46.2 Å². The van der Waals surface area contributed by atoms with Gasteiger partial charge in [0.1, 0.15) is 10.5 Å². The molecule has 0 saturated heterocycles. The summed E-state index contributed by atoms with van der Waals surface area (Å²) in [5, 5.41) is 0.448. The van der Waals surface area contributed by atoms with Crippen LogP contribution in [0.2, 0.25) is 5.02 Å². The van der Waals surface area contributed by atoms with Gasteiger partial charge in [0, 0.05) is 22.3 Å². The molecule has 1 aromatic carbocycles. The third-order valence-corrected chi connectivity index (χ3v) is 2.60. The molecule has 0 amide bonds. The van der Waals surface area contributed by atoms with Crippen LogP contribution in [0.15, 0.2) is 30.7 Å². The van der Waals surface area contributed by atoms with Gasteiger partial charge in [-0.15, -0.1) is 0 Å². The molecule has 1 heterocycles. The maximum Gasteiger partial charge on any atom is 0.123 e. The van der Waals surface area contributed by atoms with Crippen LogP contribution in [0.1, 0.15) is 0 Å². The first-order valence-corrected chi connectivity index (χ1v) is 4.95. The molecule has 0 aliphatic heterocycles. The van der Waals surface area contributed by atoms with Gasteiger partial charge in [-0.25, -0.2) is 9.37 Å². The van der Waals surface area contributed by atoms with E-state index in [1.165, 1.54) is 24.5 Å². The summed E-state index contributed by atoms with van der Waals surface area (Å²) in [7, 11) is 0. The summed E-state index contributed by atoms with van der Waals surface area (Å²) >= 11 is 11.0. The smallest absolute Gasteiger partial charge is 0.123 e. The van der Waals surface area contributed by atoms with Crippen LogP contribution in [0.5, 0.6) is 0 Å². The Balaban J connectivity index is 2.69. The molecule has 0 fully saturated rings. The molecule has 15 heavy (non-hydrogen) atoms. The van der Waals surface area contributed by atoms with E-state index in [9.17, 15) is 4.39 Å². The quantitative estimate of drug-likeness (QED) is 0.772. The number of aromatic amines is 1. The van der Waals surface area contributed by atoms with E-state index in [0.717, 1.165) is 0 Å². The number of H-pyrrole nitrogens is 1. The Kier molecular flexibility index (Phi) is 2.79. The minimum Gasteiger partial charge on any atom is -0.337 e. The lowest BCUT2D eigenvalue weighted by Gasteiger charge is -2.03. The second kappa shape index (κ2) is 4.08. The SMILES string of the molecule is Fc1ccc(Cl)c(-c2cnc[nH]c2=S)c1. The van der Waals surface area contributed by atoms with E-state index in [2.05, 4.69) is 9.97 Å². The van der Waals surface area contributed by atoms with Gasteiger partial charge < -0.3 is 4.98 Å². The van der Waals surface area contributed by atoms with Crippen LogP contribution in [-0.2, 0) is 0 Å². The third-order valence-electron chi connectivity index (χ3n) is 1.94. The van der Waals surface area contributed by atoms with Gasteiger partial charge in [0.25, 0.3) is 0 Å². The van der Waals surface area contributed by atoms with Gasteiger partial charge in [-0.1, -0.05) is 23.8 Å². The minimum atomic E-state index is -0.354. The molecule has 0 radical (unpaired) electrons. The average Bonchev–Trinajstić information content (AvgIpc) is 2.23. The first-order chi connectivity index (χ1) is 7.18. The fourth-order valence-electron chi connectivity index (χ4n) is 1.24. The molecule has 0 atom stereocenters. The molecule has 1 N–H and O–H groups in total. The normalized spacial score (nSPS) is 10.3. The van der Waals surface area contributed by atoms with Gasteiger partial charge in [-0.2, -0.15) is 0 Å². The Morgan fingerprint density at radius 2 is 2.13 bits per heavy atom. The van der Waals surface area contributed by atoms with Gasteiger partial charge >= 0.3 is 0 Å². The summed E-state index contributed by atoms with van der Waals surface area (Å²) < 4.78 is 13.5. The second-order valence-corrected chi connectivity index (χ2v) is 3.73. The van der Waals surface area contributed by atoms with E-state index < -0.39 is 0 Å². The lowest BCUT2D eigenvalue weighted by Crippen LogP contribution is -1.87. The molecule has 0 bridgehead atoms. The van der Waals surface area contributed by atoms with E-state index in [1.54, 1.807) is 6.20 Å². The van der Waals surface area contributed by atoms with Crippen molar-refractivity contribution in [3.63, 3.8) is 0 Å². The molecule has 5 heteroatoms. The summed E-state index contributed by atoms with van der Waals surface area (Å²) in [6.07, 6.45) is 3.03. The molecule has 0 aliphatic carbocycles. The largest absolute Gasteiger partial charge is 0.337 e. The van der Waals surface area contributed by atoms with Crippen molar-refractivity contribution in [1.29, 1.82) is 0 Å². The van der Waals surface area contributed by atoms with Gasteiger partial charge in [0.2, 0.25) is 0 Å². The molecule has 0 saturated carbocycles. The lowest BCUT2D eigenvalue weighted by atomic mass is 10.1. The second-order valence-electron chi connectivity index (χ2n) is 2.92. The van der Waals surface area contributed by atoms with Crippen LogP contribution in [0, 0.1) is 10.5 Å². The van der Waals surface area contributed by atoms with Crippen LogP contribution in [-0.4, -0.2) is 9.97 Å². The molecule has 0 unspecified atom stereocenters. The van der Waals surface area contributed by atoms with Crippen LogP contribution >= 0.6 is 23.8 Å². The highest BCUT2D eigenvalue weighted by Crippen LogP contribution is 2.28. The van der Waals surface area contributed by atoms with Gasteiger partial charge in [0.05, 0.1) is 6.33 Å². The number of nitrogens with one attached hydrogen (secondary N) is 1. The molecule has 0 spiro atoms. The zero-order chi connectivity index (χ0) is 10.8. The summed E-state index contributed by atoms with van der Waals surface area (Å²) in [6.45, 7) is 0. The maximum atomic E-state index is 13.0. The van der Waals surface area contributed by atoms with Crippen molar-refractivity contribution in [2.24, 2.45) is 0 Å². The summed E-state index contributed by atoms with van der Waals surface area (Å²) in [5.74, 6) is -0.354. The first kappa shape index (κ1) is 10.3. The monoisotopic (exact) mass is 240 g/mol. The Morgan fingerprint density at radius 1 is 1.33 bits per heavy atom. The zero-order valence-electron chi connectivity index (χ0n) is 7.50. The number of nitrogens with zero attached hydrogens (tertiary/aromatic N) is 1. The van der Waals surface area contributed by atoms with Crippen molar-refractivity contribution in [2.45, 2.75) is 0 Å². The number of hydrogen-bond donors (Lipinski definition) is 1. The van der Waals surface area contributed by atoms with E-state index in [4.69, 9.17) is 23.8 Å². The fourth-order valence-corrected chi connectivity index (χ4v) is 1.67. The predicted octanol–water partition coefficient (Wildman–Crippen LogP) is 3.60. The van der Waals surface area contributed by atoms with E-state index in [1.807, 2.05) is 0 Å². The Labute approximate surface area is 95.8 Å². The van der Waals surface area contributed by atoms with Crippen molar-refractivity contribution in [2.75, 3.05) is 0 Å². The van der Waals surface area contributed by atoms with Gasteiger partial charge in [0.15, 0.2) is 0 Å². The standard InChI is InChI=1S/C10H6ClFN2S/c11-9-2-1-6(12)3-7(9)8-4-13-5-14-10(8)15/h1-5H,(H,13,14,15). The molecule has 1 aromatic heterocycles. The summed E-state index contributed by atoms with van der Waals surface area (Å²) in [6, 6.07) is 4.13. The van der Waals surface area contributed by atoms with Crippen LogP contribution in [0.4, 0.5) is 4.39 Å². The van der Waals surface area contributed by atoms with Crippen molar-refractivity contribution >= 4 is 23.8 Å². The van der Waals surface area contributed by atoms with Crippen LogP contribution in [0.25, 0.3) is 11.1 Å². The van der Waals surface area contributed by atoms with E-state index in [0.29, 0.717) is 20.8 Å². The summed E-state index contributed by atoms with van der Waals surface area (Å²) in [4.78, 5) is 6.66. The van der Waals surface area contributed by atoms with E-state index >= 15 is 0 Å². The number of aromatic nitrogens is 2. The van der Waals surface area contributed by atoms with Crippen molar-refractivity contribution in [3.8, 4) is 11.1 Å². The average molecular weight is 241 g/mol. The number of benzene rings is 1. The number of rotatable bonds is 1. The first-order valence-electron chi connectivity index (χ1n) is 4.16. The molecule has 76 valence electrons. The lowest BCUT2D eigenvalue weighted by molar-refractivity contribution is 0.628. The highest BCUT2D eigenvalue weighted by Gasteiger charge is 2.06. The molecular formula is C10H6ClFN2S. The fraction of sp³-hybridized carbons (Fsp3) is 0. The maximum absolute atomic E-state index is 13.0. The highest BCUT2D eigenvalue weighted by molar-refractivity contribution is 7.71. The Bertz CT molecular complexity index is 553. The van der Waals surface area contributed by atoms with E-state index in [-0.39, 0.29) is 5.82 Å². The Hall–Kier alpha value is -1.26. The Morgan fingerprint density at radius 3 is 2.87 bits per heavy atom. The van der Waals surface area contributed by atoms with Crippen LogP contribution < -0.4 is 0 Å². The van der Waals surface area contributed by atoms with Crippen molar-refractivity contribution in [1.82, 2.24) is 9.97 Å². The number of hydrogen-bond acceptors (Lipinski definition) is 2. The third kappa shape index (κ3) is 2.06. The molecule has 2 aromatic rings.